The molecular formula is C13H24N2O3. The molecule has 18 heavy (non-hydrogen) atoms. The lowest BCUT2D eigenvalue weighted by Crippen LogP contribution is -2.50. The van der Waals surface area contributed by atoms with Gasteiger partial charge in [0.15, 0.2) is 0 Å². The van der Waals surface area contributed by atoms with Crippen LogP contribution in [0.25, 0.3) is 0 Å². The van der Waals surface area contributed by atoms with Gasteiger partial charge in [0.1, 0.15) is 6.04 Å². The number of urea groups is 1. The number of amides is 2. The second kappa shape index (κ2) is 6.07. The van der Waals surface area contributed by atoms with Crippen LogP contribution in [0, 0.1) is 17.8 Å². The molecule has 1 saturated carbocycles. The molecule has 1 fully saturated rings. The van der Waals surface area contributed by atoms with Crippen molar-refractivity contribution in [1.82, 2.24) is 10.2 Å². The predicted molar refractivity (Wildman–Crippen MR) is 69.3 cm³/mol. The van der Waals surface area contributed by atoms with E-state index in [2.05, 4.69) is 12.2 Å². The summed E-state index contributed by atoms with van der Waals surface area (Å²) in [6.45, 7) is 6.62. The maximum atomic E-state index is 11.9. The number of nitrogens with one attached hydrogen (secondary N) is 1. The molecule has 104 valence electrons. The van der Waals surface area contributed by atoms with E-state index in [1.807, 2.05) is 13.8 Å². The van der Waals surface area contributed by atoms with Crippen molar-refractivity contribution in [1.29, 1.82) is 0 Å². The second-order valence-corrected chi connectivity index (χ2v) is 5.50. The molecule has 1 rings (SSSR count). The van der Waals surface area contributed by atoms with E-state index in [0.29, 0.717) is 18.4 Å². The van der Waals surface area contributed by atoms with Crippen LogP contribution in [0.2, 0.25) is 0 Å². The number of hydrogen-bond acceptors (Lipinski definition) is 2. The van der Waals surface area contributed by atoms with Crippen LogP contribution in [0.4, 0.5) is 4.79 Å². The van der Waals surface area contributed by atoms with Gasteiger partial charge in [-0.25, -0.2) is 9.59 Å². The van der Waals surface area contributed by atoms with Crippen LogP contribution in [-0.2, 0) is 4.79 Å². The number of nitrogens with zero attached hydrogens (tertiary/aromatic N) is 1. The third kappa shape index (κ3) is 3.89. The van der Waals surface area contributed by atoms with Crippen LogP contribution in [-0.4, -0.2) is 41.6 Å². The summed E-state index contributed by atoms with van der Waals surface area (Å²) in [5, 5.41) is 11.7. The molecule has 5 nitrogen and oxygen atoms in total. The van der Waals surface area contributed by atoms with Gasteiger partial charge < -0.3 is 15.3 Å². The van der Waals surface area contributed by atoms with Gasteiger partial charge in [0.2, 0.25) is 0 Å². The summed E-state index contributed by atoms with van der Waals surface area (Å²) in [5.41, 5.74) is 0. The number of carbonyl (C=O) groups excluding carboxylic acids is 1. The molecule has 5 heteroatoms. The molecule has 0 aliphatic heterocycles. The fraction of sp³-hybridized carbons (Fsp3) is 0.846. The first-order valence-electron chi connectivity index (χ1n) is 6.61. The molecule has 0 saturated heterocycles. The van der Waals surface area contributed by atoms with E-state index in [4.69, 9.17) is 5.11 Å². The number of carbonyl (C=O) groups is 2. The molecule has 0 aromatic heterocycles. The molecule has 2 unspecified atom stereocenters. The summed E-state index contributed by atoms with van der Waals surface area (Å²) in [4.78, 5) is 24.6. The SMILES string of the molecule is CC[C@H](C)[C@H](NC(=O)N(C)CC1CC1C)C(=O)O. The molecule has 0 aromatic rings. The van der Waals surface area contributed by atoms with Crippen LogP contribution in [0.5, 0.6) is 0 Å². The normalized spacial score (nSPS) is 25.1. The number of carboxylic acids is 1. The Hall–Kier alpha value is -1.26. The zero-order chi connectivity index (χ0) is 13.9. The van der Waals surface area contributed by atoms with Gasteiger partial charge in [-0.1, -0.05) is 27.2 Å². The van der Waals surface area contributed by atoms with E-state index in [9.17, 15) is 9.59 Å². The summed E-state index contributed by atoms with van der Waals surface area (Å²) >= 11 is 0. The molecule has 1 aliphatic carbocycles. The van der Waals surface area contributed by atoms with E-state index in [1.165, 1.54) is 0 Å². The van der Waals surface area contributed by atoms with Crippen molar-refractivity contribution in [3.05, 3.63) is 0 Å². The average Bonchev–Trinajstić information content (AvgIpc) is 2.99. The van der Waals surface area contributed by atoms with E-state index in [-0.39, 0.29) is 11.9 Å². The van der Waals surface area contributed by atoms with Crippen molar-refractivity contribution in [3.63, 3.8) is 0 Å². The van der Waals surface area contributed by atoms with E-state index in [0.717, 1.165) is 12.8 Å². The zero-order valence-electron chi connectivity index (χ0n) is 11.6. The Morgan fingerprint density at radius 3 is 2.44 bits per heavy atom. The van der Waals surface area contributed by atoms with Gasteiger partial charge in [0, 0.05) is 13.6 Å². The summed E-state index contributed by atoms with van der Waals surface area (Å²) in [6.07, 6.45) is 1.88. The van der Waals surface area contributed by atoms with Crippen LogP contribution in [0.1, 0.15) is 33.6 Å². The minimum Gasteiger partial charge on any atom is -0.480 e. The van der Waals surface area contributed by atoms with Gasteiger partial charge in [-0.3, -0.25) is 0 Å². The van der Waals surface area contributed by atoms with Gasteiger partial charge in [-0.05, 0) is 24.2 Å². The first-order chi connectivity index (χ1) is 8.36. The first-order valence-corrected chi connectivity index (χ1v) is 6.61. The fourth-order valence-corrected chi connectivity index (χ4v) is 2.01. The lowest BCUT2D eigenvalue weighted by Gasteiger charge is -2.24. The van der Waals surface area contributed by atoms with Crippen molar-refractivity contribution < 1.29 is 14.7 Å². The Morgan fingerprint density at radius 1 is 1.50 bits per heavy atom. The number of hydrogen-bond donors (Lipinski definition) is 2. The number of carboxylic acid groups (broad SMARTS) is 1. The van der Waals surface area contributed by atoms with Crippen molar-refractivity contribution in [2.75, 3.05) is 13.6 Å². The Balaban J connectivity index is 2.47. The third-order valence-electron chi connectivity index (χ3n) is 3.89. The van der Waals surface area contributed by atoms with Crippen LogP contribution in [0.15, 0.2) is 0 Å². The minimum absolute atomic E-state index is 0.0697. The number of aliphatic carboxylic acids is 1. The molecule has 2 amide bonds. The highest BCUT2D eigenvalue weighted by Gasteiger charge is 2.35. The molecule has 0 aromatic carbocycles. The molecule has 2 N–H and O–H groups in total. The van der Waals surface area contributed by atoms with Gasteiger partial charge in [0.25, 0.3) is 0 Å². The smallest absolute Gasteiger partial charge is 0.326 e. The largest absolute Gasteiger partial charge is 0.480 e. The maximum Gasteiger partial charge on any atom is 0.326 e. The summed E-state index contributed by atoms with van der Waals surface area (Å²) in [5.74, 6) is 0.225. The Labute approximate surface area is 109 Å². The Morgan fingerprint density at radius 2 is 2.06 bits per heavy atom. The van der Waals surface area contributed by atoms with Crippen molar-refractivity contribution in [2.45, 2.75) is 39.7 Å². The monoisotopic (exact) mass is 256 g/mol. The standard InChI is InChI=1S/C13H24N2O3/c1-5-8(2)11(12(16)17)14-13(18)15(4)7-10-6-9(10)3/h8-11H,5-7H2,1-4H3,(H,14,18)(H,16,17)/t8-,9?,10?,11-/m0/s1. The first kappa shape index (κ1) is 14.8. The highest BCUT2D eigenvalue weighted by molar-refractivity contribution is 5.82. The summed E-state index contributed by atoms with van der Waals surface area (Å²) in [7, 11) is 1.72. The number of rotatable bonds is 6. The molecular weight excluding hydrogens is 232 g/mol. The average molecular weight is 256 g/mol. The summed E-state index contributed by atoms with van der Waals surface area (Å²) in [6, 6.07) is -1.09. The molecule has 1 aliphatic rings. The van der Waals surface area contributed by atoms with Gasteiger partial charge in [0.05, 0.1) is 0 Å². The lowest BCUT2D eigenvalue weighted by molar-refractivity contribution is -0.140. The molecule has 0 bridgehead atoms. The van der Waals surface area contributed by atoms with Gasteiger partial charge >= 0.3 is 12.0 Å². The van der Waals surface area contributed by atoms with Crippen molar-refractivity contribution >= 4 is 12.0 Å². The molecule has 0 spiro atoms. The van der Waals surface area contributed by atoms with Crippen LogP contribution in [0.3, 0.4) is 0 Å². The molecule has 0 heterocycles. The maximum absolute atomic E-state index is 11.9. The van der Waals surface area contributed by atoms with E-state index in [1.54, 1.807) is 11.9 Å². The highest BCUT2D eigenvalue weighted by Crippen LogP contribution is 2.37. The lowest BCUT2D eigenvalue weighted by atomic mass is 9.99. The quantitative estimate of drug-likeness (QED) is 0.761. The topological polar surface area (TPSA) is 69.6 Å². The van der Waals surface area contributed by atoms with Crippen LogP contribution >= 0.6 is 0 Å². The van der Waals surface area contributed by atoms with Crippen molar-refractivity contribution in [2.24, 2.45) is 17.8 Å². The summed E-state index contributed by atoms with van der Waals surface area (Å²) < 4.78 is 0. The minimum atomic E-state index is -0.967. The van der Waals surface area contributed by atoms with Gasteiger partial charge in [-0.2, -0.15) is 0 Å². The van der Waals surface area contributed by atoms with Crippen LogP contribution < -0.4 is 5.32 Å². The highest BCUT2D eigenvalue weighted by atomic mass is 16.4. The molecule has 4 atom stereocenters. The fourth-order valence-electron chi connectivity index (χ4n) is 2.01. The Bertz CT molecular complexity index is 319. The predicted octanol–water partition coefficient (Wildman–Crippen LogP) is 1.78. The van der Waals surface area contributed by atoms with E-state index >= 15 is 0 Å². The molecule has 0 radical (unpaired) electrons. The second-order valence-electron chi connectivity index (χ2n) is 5.50. The zero-order valence-corrected chi connectivity index (χ0v) is 11.6. The van der Waals surface area contributed by atoms with Crippen molar-refractivity contribution in [3.8, 4) is 0 Å². The van der Waals surface area contributed by atoms with Gasteiger partial charge in [-0.15, -0.1) is 0 Å². The Kier molecular flexibility index (Phi) is 4.99. The van der Waals surface area contributed by atoms with E-state index < -0.39 is 12.0 Å². The third-order valence-corrected chi connectivity index (χ3v) is 3.89.